The molecule has 108 valence electrons. The summed E-state index contributed by atoms with van der Waals surface area (Å²) >= 11 is 5.70. The van der Waals surface area contributed by atoms with E-state index in [-0.39, 0.29) is 30.0 Å². The summed E-state index contributed by atoms with van der Waals surface area (Å²) in [4.78, 5) is 4.31. The standard InChI is InChI=1S/C13H20ClN3O.HI/c1-5-15-13(16-8-9(2)14)17-11(4)12-7-6-10(3)18-12;/h6-7,11H,2,5,8H2,1,3-4H3,(H2,15,16,17);1H. The molecule has 1 heterocycles. The quantitative estimate of drug-likeness (QED) is 0.454. The van der Waals surface area contributed by atoms with E-state index in [0.29, 0.717) is 17.5 Å². The van der Waals surface area contributed by atoms with E-state index in [1.807, 2.05) is 32.9 Å². The minimum Gasteiger partial charge on any atom is -0.464 e. The minimum absolute atomic E-state index is 0. The van der Waals surface area contributed by atoms with E-state index in [4.69, 9.17) is 16.0 Å². The molecule has 0 amide bonds. The summed E-state index contributed by atoms with van der Waals surface area (Å²) in [6.07, 6.45) is 0. The van der Waals surface area contributed by atoms with Crippen LogP contribution >= 0.6 is 35.6 Å². The molecule has 0 aliphatic rings. The first-order chi connectivity index (χ1) is 8.52. The Morgan fingerprint density at radius 2 is 2.21 bits per heavy atom. The third-order valence-corrected chi connectivity index (χ3v) is 2.41. The van der Waals surface area contributed by atoms with Crippen molar-refractivity contribution in [3.8, 4) is 0 Å². The molecule has 0 aromatic carbocycles. The number of rotatable bonds is 5. The Morgan fingerprint density at radius 1 is 1.53 bits per heavy atom. The smallest absolute Gasteiger partial charge is 0.192 e. The van der Waals surface area contributed by atoms with Crippen LogP contribution in [0.1, 0.15) is 31.4 Å². The second kappa shape index (κ2) is 9.25. The second-order valence-electron chi connectivity index (χ2n) is 4.03. The molecular weight excluding hydrogens is 377 g/mol. The van der Waals surface area contributed by atoms with Crippen LogP contribution in [0.4, 0.5) is 0 Å². The van der Waals surface area contributed by atoms with Crippen LogP contribution in [0.5, 0.6) is 0 Å². The van der Waals surface area contributed by atoms with Crippen LogP contribution in [0, 0.1) is 6.92 Å². The van der Waals surface area contributed by atoms with Crippen molar-refractivity contribution in [2.75, 3.05) is 13.1 Å². The van der Waals surface area contributed by atoms with Crippen LogP contribution in [-0.4, -0.2) is 19.0 Å². The number of aryl methyl sites for hydroxylation is 1. The Labute approximate surface area is 136 Å². The van der Waals surface area contributed by atoms with Gasteiger partial charge in [0.05, 0.1) is 12.6 Å². The molecule has 1 aromatic heterocycles. The van der Waals surface area contributed by atoms with Gasteiger partial charge in [-0.3, -0.25) is 0 Å². The molecule has 1 unspecified atom stereocenters. The molecule has 0 bridgehead atoms. The maximum Gasteiger partial charge on any atom is 0.192 e. The average molecular weight is 398 g/mol. The van der Waals surface area contributed by atoms with Crippen LogP contribution in [0.3, 0.4) is 0 Å². The molecule has 0 fully saturated rings. The minimum atomic E-state index is 0. The SMILES string of the molecule is C=C(Cl)CN=C(NCC)NC(C)c1ccc(C)o1.I. The number of furan rings is 1. The number of halogens is 2. The lowest BCUT2D eigenvalue weighted by molar-refractivity contribution is 0.441. The predicted molar refractivity (Wildman–Crippen MR) is 91.4 cm³/mol. The van der Waals surface area contributed by atoms with Crippen LogP contribution < -0.4 is 10.6 Å². The zero-order valence-electron chi connectivity index (χ0n) is 11.5. The van der Waals surface area contributed by atoms with E-state index in [2.05, 4.69) is 22.2 Å². The van der Waals surface area contributed by atoms with E-state index >= 15 is 0 Å². The fourth-order valence-electron chi connectivity index (χ4n) is 1.45. The highest BCUT2D eigenvalue weighted by molar-refractivity contribution is 14.0. The van der Waals surface area contributed by atoms with E-state index in [0.717, 1.165) is 18.1 Å². The van der Waals surface area contributed by atoms with Gasteiger partial charge < -0.3 is 15.1 Å². The molecule has 1 aromatic rings. The molecule has 0 radical (unpaired) electrons. The Hall–Kier alpha value is -0.690. The van der Waals surface area contributed by atoms with Crippen molar-refractivity contribution < 1.29 is 4.42 Å². The Morgan fingerprint density at radius 3 is 2.68 bits per heavy atom. The fourth-order valence-corrected chi connectivity index (χ4v) is 1.51. The Kier molecular flexibility index (Phi) is 8.92. The summed E-state index contributed by atoms with van der Waals surface area (Å²) in [5.41, 5.74) is 0. The number of aliphatic imine (C=N–C) groups is 1. The number of nitrogens with zero attached hydrogens (tertiary/aromatic N) is 1. The van der Waals surface area contributed by atoms with E-state index in [9.17, 15) is 0 Å². The zero-order chi connectivity index (χ0) is 13.5. The van der Waals surface area contributed by atoms with Gasteiger partial charge in [-0.2, -0.15) is 0 Å². The summed E-state index contributed by atoms with van der Waals surface area (Å²) in [5.74, 6) is 2.47. The molecule has 0 saturated carbocycles. The van der Waals surface area contributed by atoms with Gasteiger partial charge in [0, 0.05) is 11.6 Å². The van der Waals surface area contributed by atoms with Gasteiger partial charge in [-0.05, 0) is 32.9 Å². The topological polar surface area (TPSA) is 49.6 Å². The number of hydrogen-bond acceptors (Lipinski definition) is 2. The predicted octanol–water partition coefficient (Wildman–Crippen LogP) is 3.57. The largest absolute Gasteiger partial charge is 0.464 e. The molecule has 19 heavy (non-hydrogen) atoms. The highest BCUT2D eigenvalue weighted by atomic mass is 127. The maximum atomic E-state index is 5.70. The van der Waals surface area contributed by atoms with Gasteiger partial charge in [0.25, 0.3) is 0 Å². The van der Waals surface area contributed by atoms with Gasteiger partial charge in [0.1, 0.15) is 11.5 Å². The summed E-state index contributed by atoms with van der Waals surface area (Å²) in [5, 5.41) is 6.90. The fraction of sp³-hybridized carbons (Fsp3) is 0.462. The first-order valence-electron chi connectivity index (χ1n) is 5.97. The molecule has 0 spiro atoms. The first-order valence-corrected chi connectivity index (χ1v) is 6.35. The van der Waals surface area contributed by atoms with Crippen molar-refractivity contribution in [3.63, 3.8) is 0 Å². The number of nitrogens with one attached hydrogen (secondary N) is 2. The number of guanidine groups is 1. The molecule has 6 heteroatoms. The van der Waals surface area contributed by atoms with Gasteiger partial charge in [-0.15, -0.1) is 24.0 Å². The van der Waals surface area contributed by atoms with Crippen molar-refractivity contribution in [2.45, 2.75) is 26.8 Å². The van der Waals surface area contributed by atoms with Gasteiger partial charge in [-0.25, -0.2) is 4.99 Å². The van der Waals surface area contributed by atoms with Gasteiger partial charge >= 0.3 is 0 Å². The van der Waals surface area contributed by atoms with Crippen molar-refractivity contribution in [2.24, 2.45) is 4.99 Å². The van der Waals surface area contributed by atoms with Crippen molar-refractivity contribution in [1.29, 1.82) is 0 Å². The van der Waals surface area contributed by atoms with Crippen LogP contribution in [0.2, 0.25) is 0 Å². The van der Waals surface area contributed by atoms with E-state index in [1.54, 1.807) is 0 Å². The molecule has 2 N–H and O–H groups in total. The van der Waals surface area contributed by atoms with Gasteiger partial charge in [0.2, 0.25) is 0 Å². The third-order valence-electron chi connectivity index (χ3n) is 2.29. The Bertz CT molecular complexity index is 431. The highest BCUT2D eigenvalue weighted by Crippen LogP contribution is 2.15. The molecule has 0 saturated heterocycles. The van der Waals surface area contributed by atoms with Crippen LogP contribution in [0.15, 0.2) is 33.2 Å². The van der Waals surface area contributed by atoms with Crippen LogP contribution in [-0.2, 0) is 0 Å². The monoisotopic (exact) mass is 397 g/mol. The first kappa shape index (κ1) is 18.3. The zero-order valence-corrected chi connectivity index (χ0v) is 14.6. The second-order valence-corrected chi connectivity index (χ2v) is 4.56. The van der Waals surface area contributed by atoms with E-state index < -0.39 is 0 Å². The molecule has 0 aliphatic heterocycles. The molecule has 4 nitrogen and oxygen atoms in total. The van der Waals surface area contributed by atoms with E-state index in [1.165, 1.54) is 0 Å². The lowest BCUT2D eigenvalue weighted by Gasteiger charge is -2.16. The molecule has 1 atom stereocenters. The molecule has 1 rings (SSSR count). The molecular formula is C13H21ClIN3O. The van der Waals surface area contributed by atoms with Crippen molar-refractivity contribution in [3.05, 3.63) is 35.3 Å². The van der Waals surface area contributed by atoms with Crippen molar-refractivity contribution >= 4 is 41.5 Å². The maximum absolute atomic E-state index is 5.70. The summed E-state index contributed by atoms with van der Waals surface area (Å²) < 4.78 is 5.56. The summed E-state index contributed by atoms with van der Waals surface area (Å²) in [6.45, 7) is 10.7. The third kappa shape index (κ3) is 6.87. The molecule has 0 aliphatic carbocycles. The normalized spacial score (nSPS) is 12.5. The lowest BCUT2D eigenvalue weighted by Crippen LogP contribution is -2.38. The van der Waals surface area contributed by atoms with Gasteiger partial charge in [0.15, 0.2) is 5.96 Å². The van der Waals surface area contributed by atoms with Crippen LogP contribution in [0.25, 0.3) is 0 Å². The Balaban J connectivity index is 0.00000324. The average Bonchev–Trinajstić information content (AvgIpc) is 2.73. The summed E-state index contributed by atoms with van der Waals surface area (Å²) in [7, 11) is 0. The number of hydrogen-bond donors (Lipinski definition) is 2. The summed E-state index contributed by atoms with van der Waals surface area (Å²) in [6, 6.07) is 3.94. The van der Waals surface area contributed by atoms with Crippen molar-refractivity contribution in [1.82, 2.24) is 10.6 Å². The lowest BCUT2D eigenvalue weighted by atomic mass is 10.2. The highest BCUT2D eigenvalue weighted by Gasteiger charge is 2.10. The van der Waals surface area contributed by atoms with Gasteiger partial charge in [-0.1, -0.05) is 18.2 Å².